The van der Waals surface area contributed by atoms with E-state index in [4.69, 9.17) is 0 Å². The van der Waals surface area contributed by atoms with Gasteiger partial charge in [0.25, 0.3) is 11.8 Å². The van der Waals surface area contributed by atoms with Gasteiger partial charge < -0.3 is 20.6 Å². The Hall–Kier alpha value is -5.09. The molecule has 1 aliphatic carbocycles. The summed E-state index contributed by atoms with van der Waals surface area (Å²) in [6.07, 6.45) is 13.7. The third-order valence-electron chi connectivity index (χ3n) is 11.2. The molecule has 1 aromatic heterocycles. The molecule has 320 valence electrons. The second-order valence-electron chi connectivity index (χ2n) is 17.1. The Balaban J connectivity index is 1.19. The van der Waals surface area contributed by atoms with Crippen LogP contribution in [0.15, 0.2) is 72.8 Å². The first-order valence-corrected chi connectivity index (χ1v) is 22.7. The molecule has 0 atom stereocenters. The first-order chi connectivity index (χ1) is 28.8. The molecule has 1 heterocycles. The van der Waals surface area contributed by atoms with Gasteiger partial charge >= 0.3 is 5.97 Å². The molecule has 0 fully saturated rings. The minimum atomic E-state index is -0.936. The van der Waals surface area contributed by atoms with Gasteiger partial charge in [0.2, 0.25) is 5.91 Å². The van der Waals surface area contributed by atoms with Crippen LogP contribution in [0.1, 0.15) is 163 Å². The molecule has 0 unspecified atom stereocenters. The van der Waals surface area contributed by atoms with Gasteiger partial charge in [-0.1, -0.05) is 108 Å². The van der Waals surface area contributed by atoms with Crippen molar-refractivity contribution in [2.24, 2.45) is 5.41 Å². The fraction of sp³-hybridized carbons (Fsp3) is 0.460. The van der Waals surface area contributed by atoms with Crippen molar-refractivity contribution >= 4 is 51.5 Å². The van der Waals surface area contributed by atoms with Crippen molar-refractivity contribution in [3.05, 3.63) is 117 Å². The van der Waals surface area contributed by atoms with Crippen molar-refractivity contribution in [2.45, 2.75) is 137 Å². The summed E-state index contributed by atoms with van der Waals surface area (Å²) in [5.41, 5.74) is 5.82. The van der Waals surface area contributed by atoms with Crippen molar-refractivity contribution in [1.82, 2.24) is 4.90 Å². The number of amides is 3. The summed E-state index contributed by atoms with van der Waals surface area (Å²) < 4.78 is 0. The van der Waals surface area contributed by atoms with Crippen LogP contribution in [0.5, 0.6) is 0 Å². The van der Waals surface area contributed by atoms with Gasteiger partial charge in [-0.25, -0.2) is 0 Å². The number of aryl methyl sites for hydroxylation is 3. The zero-order valence-electron chi connectivity index (χ0n) is 36.0. The molecule has 10 heteroatoms. The molecule has 0 saturated heterocycles. The maximum atomic E-state index is 14.0. The fourth-order valence-corrected chi connectivity index (χ4v) is 9.24. The Bertz CT molecular complexity index is 2090. The molecular formula is C50H63N3O6S. The zero-order chi connectivity index (χ0) is 43.1. The maximum Gasteiger partial charge on any atom is 0.303 e. The number of nitrogens with one attached hydrogen (secondary N) is 2. The normalized spacial score (nSPS) is 12.4. The number of anilines is 2. The zero-order valence-corrected chi connectivity index (χ0v) is 36.8. The van der Waals surface area contributed by atoms with Crippen LogP contribution in [0.2, 0.25) is 0 Å². The summed E-state index contributed by atoms with van der Waals surface area (Å²) in [5, 5.41) is 16.0. The summed E-state index contributed by atoms with van der Waals surface area (Å²) in [7, 11) is 0. The number of carbonyl (C=O) groups excluding carboxylic acids is 4. The van der Waals surface area contributed by atoms with E-state index in [0.717, 1.165) is 84.9 Å². The lowest BCUT2D eigenvalue weighted by molar-refractivity contribution is -0.140. The molecule has 0 aliphatic heterocycles. The summed E-state index contributed by atoms with van der Waals surface area (Å²) in [5.74, 6) is -1.43. The molecule has 0 radical (unpaired) electrons. The van der Waals surface area contributed by atoms with Gasteiger partial charge in [-0.05, 0) is 103 Å². The van der Waals surface area contributed by atoms with Crippen LogP contribution >= 0.6 is 11.3 Å². The Morgan fingerprint density at radius 3 is 2.07 bits per heavy atom. The van der Waals surface area contributed by atoms with E-state index in [-0.39, 0.29) is 36.3 Å². The second kappa shape index (κ2) is 22.5. The van der Waals surface area contributed by atoms with Gasteiger partial charge in [0.15, 0.2) is 5.78 Å². The smallest absolute Gasteiger partial charge is 0.303 e. The Morgan fingerprint density at radius 1 is 0.717 bits per heavy atom. The predicted molar refractivity (Wildman–Crippen MR) is 242 cm³/mol. The Kier molecular flexibility index (Phi) is 17.2. The van der Waals surface area contributed by atoms with E-state index >= 15 is 0 Å². The van der Waals surface area contributed by atoms with E-state index in [1.165, 1.54) is 42.6 Å². The molecule has 0 saturated carbocycles. The number of aliphatic carboxylic acids is 1. The van der Waals surface area contributed by atoms with Gasteiger partial charge in [0, 0.05) is 47.6 Å². The number of unbranched alkanes of at least 4 members (excludes halogenated alkanes) is 5. The van der Waals surface area contributed by atoms with Gasteiger partial charge in [0.1, 0.15) is 5.00 Å². The molecule has 0 bridgehead atoms. The van der Waals surface area contributed by atoms with Crippen molar-refractivity contribution in [2.75, 3.05) is 17.2 Å². The van der Waals surface area contributed by atoms with Crippen LogP contribution in [-0.4, -0.2) is 46.0 Å². The number of rotatable bonds is 23. The van der Waals surface area contributed by atoms with Crippen molar-refractivity contribution < 1.29 is 29.1 Å². The van der Waals surface area contributed by atoms with Gasteiger partial charge in [-0.2, -0.15) is 0 Å². The summed E-state index contributed by atoms with van der Waals surface area (Å²) in [6.45, 7) is 8.58. The van der Waals surface area contributed by atoms with E-state index in [1.54, 1.807) is 36.9 Å². The standard InChI is InChI=1S/C50H63N3O6S/c1-5-7-8-9-10-11-18-42(54)38-26-22-35(23-27-38)20-21-36-24-28-40(29-25-36)51-48(59)46-41-17-12-13-19-43(41)60-49(46)52-47(58)39-16-14-15-37(31-39)34-53(30-6-2)44(55)32-50(3,4)33-45(56)57/h14-16,22-29,31H,5-13,17-21,30,32-34H2,1-4H3,(H,51,59)(H,52,58)(H,56,57). The number of hydrogen-bond donors (Lipinski definition) is 3. The van der Waals surface area contributed by atoms with Crippen molar-refractivity contribution in [1.29, 1.82) is 0 Å². The maximum absolute atomic E-state index is 14.0. The number of carboxylic acid groups (broad SMARTS) is 1. The fourth-order valence-electron chi connectivity index (χ4n) is 7.96. The second-order valence-corrected chi connectivity index (χ2v) is 18.2. The molecule has 0 spiro atoms. The molecule has 5 rings (SSSR count). The lowest BCUT2D eigenvalue weighted by atomic mass is 9.85. The van der Waals surface area contributed by atoms with Crippen LogP contribution in [0.25, 0.3) is 0 Å². The molecule has 3 amide bonds. The quantitative estimate of drug-likeness (QED) is 0.0503. The van der Waals surface area contributed by atoms with E-state index in [2.05, 4.69) is 29.7 Å². The highest BCUT2D eigenvalue weighted by atomic mass is 32.1. The summed E-state index contributed by atoms with van der Waals surface area (Å²) in [6, 6.07) is 23.1. The monoisotopic (exact) mass is 833 g/mol. The molecule has 60 heavy (non-hydrogen) atoms. The summed E-state index contributed by atoms with van der Waals surface area (Å²) in [4.78, 5) is 67.9. The Labute approximate surface area is 360 Å². The number of thiophene rings is 1. The van der Waals surface area contributed by atoms with Crippen molar-refractivity contribution in [3.63, 3.8) is 0 Å². The topological polar surface area (TPSA) is 133 Å². The van der Waals surface area contributed by atoms with E-state index in [9.17, 15) is 29.1 Å². The van der Waals surface area contributed by atoms with Crippen LogP contribution < -0.4 is 10.6 Å². The highest BCUT2D eigenvalue weighted by molar-refractivity contribution is 7.17. The van der Waals surface area contributed by atoms with Gasteiger partial charge in [-0.15, -0.1) is 11.3 Å². The van der Waals surface area contributed by atoms with E-state index < -0.39 is 11.4 Å². The minimum Gasteiger partial charge on any atom is -0.481 e. The minimum absolute atomic E-state index is 0.103. The Morgan fingerprint density at radius 2 is 1.38 bits per heavy atom. The third-order valence-corrected chi connectivity index (χ3v) is 12.4. The lowest BCUT2D eigenvalue weighted by Gasteiger charge is -2.28. The summed E-state index contributed by atoms with van der Waals surface area (Å²) >= 11 is 1.47. The number of ketones is 1. The average Bonchev–Trinajstić information content (AvgIpc) is 3.59. The number of Topliss-reactive ketones (excluding diaryl/α,β-unsaturated/α-hetero) is 1. The van der Waals surface area contributed by atoms with E-state index in [0.29, 0.717) is 41.3 Å². The molecule has 9 nitrogen and oxygen atoms in total. The third kappa shape index (κ3) is 13.7. The SMILES string of the molecule is CCCCCCCCC(=O)c1ccc(CCc2ccc(NC(=O)c3c(NC(=O)c4cccc(CN(CCC)C(=O)CC(C)(C)CC(=O)O)c4)sc4c3CCCC4)cc2)cc1. The molecule has 4 aromatic rings. The highest BCUT2D eigenvalue weighted by Crippen LogP contribution is 2.39. The number of benzene rings is 3. The first kappa shape index (κ1) is 46.0. The van der Waals surface area contributed by atoms with Crippen LogP contribution in [0, 0.1) is 5.41 Å². The highest BCUT2D eigenvalue weighted by Gasteiger charge is 2.29. The van der Waals surface area contributed by atoms with Crippen LogP contribution in [0.4, 0.5) is 10.7 Å². The number of carboxylic acids is 1. The number of carbonyl (C=O) groups is 5. The van der Waals surface area contributed by atoms with Gasteiger partial charge in [-0.3, -0.25) is 24.0 Å². The predicted octanol–water partition coefficient (Wildman–Crippen LogP) is 11.5. The van der Waals surface area contributed by atoms with Crippen LogP contribution in [0.3, 0.4) is 0 Å². The first-order valence-electron chi connectivity index (χ1n) is 21.9. The number of hydrogen-bond acceptors (Lipinski definition) is 6. The van der Waals surface area contributed by atoms with Crippen molar-refractivity contribution in [3.8, 4) is 0 Å². The molecule has 3 N–H and O–H groups in total. The molecule has 1 aliphatic rings. The van der Waals surface area contributed by atoms with Crippen LogP contribution in [-0.2, 0) is 41.8 Å². The number of nitrogens with zero attached hydrogens (tertiary/aromatic N) is 1. The largest absolute Gasteiger partial charge is 0.481 e. The molecule has 3 aromatic carbocycles. The average molecular weight is 834 g/mol. The van der Waals surface area contributed by atoms with E-state index in [1.807, 2.05) is 49.4 Å². The number of fused-ring (bicyclic) bond motifs is 1. The lowest BCUT2D eigenvalue weighted by Crippen LogP contribution is -2.35. The van der Waals surface area contributed by atoms with Gasteiger partial charge in [0.05, 0.1) is 12.0 Å². The molecular weight excluding hydrogens is 771 g/mol.